The number of fused-ring (bicyclic) bond motifs is 1. The Morgan fingerprint density at radius 3 is 3.00 bits per heavy atom. The van der Waals surface area contributed by atoms with E-state index in [-0.39, 0.29) is 0 Å². The van der Waals surface area contributed by atoms with E-state index in [4.69, 9.17) is 10.7 Å². The lowest BCUT2D eigenvalue weighted by Crippen LogP contribution is -2.38. The molecular weight excluding hydrogens is 246 g/mol. The molecule has 3 heteroatoms. The zero-order valence-electron chi connectivity index (χ0n) is 12.2. The number of rotatable bonds is 3. The van der Waals surface area contributed by atoms with Gasteiger partial charge < -0.3 is 5.73 Å². The molecule has 1 aliphatic heterocycles. The predicted molar refractivity (Wildman–Crippen MR) is 84.5 cm³/mol. The molecule has 2 aromatic rings. The van der Waals surface area contributed by atoms with Crippen LogP contribution in [0.15, 0.2) is 30.3 Å². The lowest BCUT2D eigenvalue weighted by molar-refractivity contribution is 0.134. The maximum atomic E-state index is 6.17. The van der Waals surface area contributed by atoms with Gasteiger partial charge in [-0.2, -0.15) is 0 Å². The third-order valence-corrected chi connectivity index (χ3v) is 4.39. The summed E-state index contributed by atoms with van der Waals surface area (Å²) in [6, 6.07) is 10.9. The van der Waals surface area contributed by atoms with Crippen LogP contribution >= 0.6 is 0 Å². The van der Waals surface area contributed by atoms with E-state index >= 15 is 0 Å². The van der Waals surface area contributed by atoms with Gasteiger partial charge in [-0.1, -0.05) is 31.5 Å². The van der Waals surface area contributed by atoms with Crippen molar-refractivity contribution in [3.05, 3.63) is 36.0 Å². The predicted octanol–water partition coefficient (Wildman–Crippen LogP) is 3.58. The van der Waals surface area contributed by atoms with Gasteiger partial charge in [-0.05, 0) is 37.9 Å². The second-order valence-corrected chi connectivity index (χ2v) is 5.75. The topological polar surface area (TPSA) is 42.1 Å². The Kier molecular flexibility index (Phi) is 3.88. The minimum atomic E-state index is 0.707. The van der Waals surface area contributed by atoms with E-state index in [0.29, 0.717) is 6.04 Å². The molecule has 0 aliphatic carbocycles. The van der Waals surface area contributed by atoms with Gasteiger partial charge in [-0.25, -0.2) is 0 Å². The number of para-hydroxylation sites is 1. The van der Waals surface area contributed by atoms with Gasteiger partial charge in [0.05, 0.1) is 11.2 Å². The molecule has 2 heterocycles. The highest BCUT2D eigenvalue weighted by molar-refractivity contribution is 5.90. The van der Waals surface area contributed by atoms with Crippen LogP contribution in [-0.4, -0.2) is 22.5 Å². The smallest absolute Gasteiger partial charge is 0.0726 e. The molecule has 1 aromatic carbocycles. The second-order valence-electron chi connectivity index (χ2n) is 5.75. The molecule has 0 saturated carbocycles. The van der Waals surface area contributed by atoms with E-state index in [0.717, 1.165) is 28.8 Å². The summed E-state index contributed by atoms with van der Waals surface area (Å²) in [4.78, 5) is 7.35. The van der Waals surface area contributed by atoms with E-state index in [1.54, 1.807) is 0 Å². The van der Waals surface area contributed by atoms with Gasteiger partial charge in [0.1, 0.15) is 0 Å². The van der Waals surface area contributed by atoms with Crippen molar-refractivity contribution in [3.63, 3.8) is 0 Å². The molecule has 0 spiro atoms. The van der Waals surface area contributed by atoms with Gasteiger partial charge >= 0.3 is 0 Å². The van der Waals surface area contributed by atoms with Gasteiger partial charge in [0.25, 0.3) is 0 Å². The average Bonchev–Trinajstić information content (AvgIpc) is 2.48. The SMILES string of the molecule is CCC1CCCCN1Cc1cc(N)c2ccccc2n1. The molecule has 2 N–H and O–H groups in total. The molecule has 1 atom stereocenters. The first kappa shape index (κ1) is 13.4. The quantitative estimate of drug-likeness (QED) is 0.926. The zero-order valence-corrected chi connectivity index (χ0v) is 12.2. The second kappa shape index (κ2) is 5.80. The number of nitrogens with two attached hydrogens (primary N) is 1. The number of anilines is 1. The van der Waals surface area contributed by atoms with Crippen molar-refractivity contribution in [2.45, 2.75) is 45.2 Å². The van der Waals surface area contributed by atoms with E-state index in [2.05, 4.69) is 11.8 Å². The summed E-state index contributed by atoms with van der Waals surface area (Å²) < 4.78 is 0. The fraction of sp³-hybridized carbons (Fsp3) is 0.471. The van der Waals surface area contributed by atoms with E-state index < -0.39 is 0 Å². The van der Waals surface area contributed by atoms with Gasteiger partial charge in [0, 0.05) is 23.7 Å². The number of nitrogen functional groups attached to an aromatic ring is 1. The molecule has 1 unspecified atom stereocenters. The summed E-state index contributed by atoms with van der Waals surface area (Å²) in [6.07, 6.45) is 5.21. The van der Waals surface area contributed by atoms with Crippen molar-refractivity contribution < 1.29 is 0 Å². The van der Waals surface area contributed by atoms with Crippen LogP contribution in [0.2, 0.25) is 0 Å². The van der Waals surface area contributed by atoms with Crippen molar-refractivity contribution in [1.82, 2.24) is 9.88 Å². The van der Waals surface area contributed by atoms with Crippen LogP contribution in [0.5, 0.6) is 0 Å². The van der Waals surface area contributed by atoms with Gasteiger partial charge in [-0.3, -0.25) is 9.88 Å². The van der Waals surface area contributed by atoms with Crippen molar-refractivity contribution in [1.29, 1.82) is 0 Å². The molecule has 3 nitrogen and oxygen atoms in total. The number of hydrogen-bond donors (Lipinski definition) is 1. The molecule has 0 amide bonds. The first-order valence-corrected chi connectivity index (χ1v) is 7.66. The van der Waals surface area contributed by atoms with Crippen LogP contribution in [0, 0.1) is 0 Å². The van der Waals surface area contributed by atoms with E-state index in [9.17, 15) is 0 Å². The van der Waals surface area contributed by atoms with Crippen LogP contribution < -0.4 is 5.73 Å². The molecule has 1 aromatic heterocycles. The lowest BCUT2D eigenvalue weighted by Gasteiger charge is -2.35. The monoisotopic (exact) mass is 269 g/mol. The number of hydrogen-bond acceptors (Lipinski definition) is 3. The van der Waals surface area contributed by atoms with Gasteiger partial charge in [0.15, 0.2) is 0 Å². The molecule has 1 fully saturated rings. The molecule has 1 aliphatic rings. The summed E-state index contributed by atoms with van der Waals surface area (Å²) in [5, 5.41) is 1.06. The number of pyridine rings is 1. The summed E-state index contributed by atoms with van der Waals surface area (Å²) in [5.41, 5.74) is 9.12. The summed E-state index contributed by atoms with van der Waals surface area (Å²) >= 11 is 0. The largest absolute Gasteiger partial charge is 0.398 e. The van der Waals surface area contributed by atoms with Crippen molar-refractivity contribution >= 4 is 16.6 Å². The van der Waals surface area contributed by atoms with Crippen molar-refractivity contribution in [3.8, 4) is 0 Å². The Morgan fingerprint density at radius 2 is 2.15 bits per heavy atom. The minimum absolute atomic E-state index is 0.707. The number of nitrogens with zero attached hydrogens (tertiary/aromatic N) is 2. The summed E-state index contributed by atoms with van der Waals surface area (Å²) in [5.74, 6) is 0. The van der Waals surface area contributed by atoms with E-state index in [1.807, 2.05) is 30.3 Å². The Bertz CT molecular complexity index is 594. The number of aromatic nitrogens is 1. The van der Waals surface area contributed by atoms with Crippen molar-refractivity contribution in [2.75, 3.05) is 12.3 Å². The fourth-order valence-corrected chi connectivity index (χ4v) is 3.28. The van der Waals surface area contributed by atoms with Crippen LogP contribution in [0.1, 0.15) is 38.3 Å². The maximum Gasteiger partial charge on any atom is 0.0726 e. The van der Waals surface area contributed by atoms with E-state index in [1.165, 1.54) is 32.2 Å². The highest BCUT2D eigenvalue weighted by atomic mass is 15.2. The average molecular weight is 269 g/mol. The Morgan fingerprint density at radius 1 is 1.30 bits per heavy atom. The minimum Gasteiger partial charge on any atom is -0.398 e. The fourth-order valence-electron chi connectivity index (χ4n) is 3.28. The maximum absolute atomic E-state index is 6.17. The molecular formula is C17H23N3. The van der Waals surface area contributed by atoms with Crippen molar-refractivity contribution in [2.24, 2.45) is 0 Å². The number of benzene rings is 1. The molecule has 20 heavy (non-hydrogen) atoms. The summed E-state index contributed by atoms with van der Waals surface area (Å²) in [6.45, 7) is 4.39. The van der Waals surface area contributed by atoms with Crippen LogP contribution in [0.3, 0.4) is 0 Å². The Hall–Kier alpha value is -1.61. The van der Waals surface area contributed by atoms with Gasteiger partial charge in [-0.15, -0.1) is 0 Å². The molecule has 0 bridgehead atoms. The molecule has 3 rings (SSSR count). The highest BCUT2D eigenvalue weighted by Crippen LogP contribution is 2.24. The molecule has 106 valence electrons. The standard InChI is InChI=1S/C17H23N3/c1-2-14-7-5-6-10-20(14)12-13-11-16(18)15-8-3-4-9-17(15)19-13/h3-4,8-9,11,14H,2,5-7,10,12H2,1H3,(H2,18,19). The molecule has 1 saturated heterocycles. The first-order chi connectivity index (χ1) is 9.78. The highest BCUT2D eigenvalue weighted by Gasteiger charge is 2.21. The first-order valence-electron chi connectivity index (χ1n) is 7.66. The van der Waals surface area contributed by atoms with Gasteiger partial charge in [0.2, 0.25) is 0 Å². The zero-order chi connectivity index (χ0) is 13.9. The lowest BCUT2D eigenvalue weighted by atomic mass is 9.99. The van der Waals surface area contributed by atoms with Crippen LogP contribution in [0.4, 0.5) is 5.69 Å². The number of piperidine rings is 1. The normalized spacial score (nSPS) is 20.4. The third-order valence-electron chi connectivity index (χ3n) is 4.39. The van der Waals surface area contributed by atoms with Crippen LogP contribution in [-0.2, 0) is 6.54 Å². The molecule has 0 radical (unpaired) electrons. The van der Waals surface area contributed by atoms with Crippen LogP contribution in [0.25, 0.3) is 10.9 Å². The summed E-state index contributed by atoms with van der Waals surface area (Å²) in [7, 11) is 0. The number of likely N-dealkylation sites (tertiary alicyclic amines) is 1. The Labute approximate surface area is 120 Å². The third kappa shape index (κ3) is 2.63. The Balaban J connectivity index is 1.86.